The maximum absolute atomic E-state index is 12.4. The van der Waals surface area contributed by atoms with Gasteiger partial charge in [-0.1, -0.05) is 23.8 Å². The Morgan fingerprint density at radius 2 is 1.58 bits per heavy atom. The zero-order valence-corrected chi connectivity index (χ0v) is 16.0. The van der Waals surface area contributed by atoms with Crippen LogP contribution in [0.3, 0.4) is 0 Å². The van der Waals surface area contributed by atoms with E-state index in [1.165, 1.54) is 10.5 Å². The van der Waals surface area contributed by atoms with Crippen molar-refractivity contribution in [3.8, 4) is 5.75 Å². The van der Waals surface area contributed by atoms with Crippen LogP contribution >= 0.6 is 0 Å². The molecule has 4 heteroatoms. The summed E-state index contributed by atoms with van der Waals surface area (Å²) in [6.07, 6.45) is 3.46. The number of benzene rings is 2. The van der Waals surface area contributed by atoms with Gasteiger partial charge in [0.15, 0.2) is 12.4 Å². The first-order valence-corrected chi connectivity index (χ1v) is 8.51. The number of amides is 1. The van der Waals surface area contributed by atoms with Gasteiger partial charge in [-0.25, -0.2) is 0 Å². The van der Waals surface area contributed by atoms with Crippen molar-refractivity contribution >= 4 is 17.8 Å². The summed E-state index contributed by atoms with van der Waals surface area (Å²) in [5.41, 5.74) is 5.18. The van der Waals surface area contributed by atoms with Crippen LogP contribution in [0.15, 0.2) is 42.5 Å². The molecule has 0 bridgehead atoms. The maximum Gasteiger partial charge on any atom is 0.259 e. The lowest BCUT2D eigenvalue weighted by molar-refractivity contribution is -0.130. The summed E-state index contributed by atoms with van der Waals surface area (Å²) in [4.78, 5) is 25.4. The molecular weight excluding hydrogens is 326 g/mol. The second-order valence-corrected chi connectivity index (χ2v) is 6.61. The first kappa shape index (κ1) is 19.4. The number of carbonyl (C=O) groups is 2. The highest BCUT2D eigenvalue weighted by Crippen LogP contribution is 2.19. The number of nitrogens with zero attached hydrogens (tertiary/aromatic N) is 1. The summed E-state index contributed by atoms with van der Waals surface area (Å²) in [5.74, 6) is 0.378. The molecule has 0 radical (unpaired) electrons. The highest BCUT2D eigenvalue weighted by Gasteiger charge is 2.07. The first-order valence-electron chi connectivity index (χ1n) is 8.51. The molecule has 0 saturated carbocycles. The topological polar surface area (TPSA) is 46.6 Å². The molecule has 0 atom stereocenters. The van der Waals surface area contributed by atoms with E-state index in [0.29, 0.717) is 11.3 Å². The summed E-state index contributed by atoms with van der Waals surface area (Å²) in [5, 5.41) is 0. The quantitative estimate of drug-likeness (QED) is 0.584. The van der Waals surface area contributed by atoms with Crippen LogP contribution in [-0.4, -0.2) is 37.3 Å². The molecule has 4 nitrogen and oxygen atoms in total. The summed E-state index contributed by atoms with van der Waals surface area (Å²) in [6, 6.07) is 11.0. The van der Waals surface area contributed by atoms with Gasteiger partial charge in [0.1, 0.15) is 5.75 Å². The minimum atomic E-state index is -0.114. The second-order valence-electron chi connectivity index (χ2n) is 6.61. The van der Waals surface area contributed by atoms with Crippen LogP contribution in [0.4, 0.5) is 0 Å². The molecule has 1 amide bonds. The van der Waals surface area contributed by atoms with Gasteiger partial charge in [-0.2, -0.15) is 0 Å². The fourth-order valence-electron chi connectivity index (χ4n) is 2.70. The zero-order valence-electron chi connectivity index (χ0n) is 16.0. The van der Waals surface area contributed by atoms with E-state index < -0.39 is 0 Å². The molecule has 26 heavy (non-hydrogen) atoms. The van der Waals surface area contributed by atoms with Crippen molar-refractivity contribution in [1.82, 2.24) is 4.90 Å². The van der Waals surface area contributed by atoms with Crippen LogP contribution in [0.2, 0.25) is 0 Å². The highest BCUT2D eigenvalue weighted by molar-refractivity contribution is 6.07. The van der Waals surface area contributed by atoms with E-state index in [0.717, 1.165) is 16.7 Å². The lowest BCUT2D eigenvalue weighted by Crippen LogP contribution is -2.27. The number of carbonyl (C=O) groups excluding carboxylic acids is 2. The third-order valence-corrected chi connectivity index (χ3v) is 4.14. The Morgan fingerprint density at radius 1 is 1.00 bits per heavy atom. The van der Waals surface area contributed by atoms with Crippen molar-refractivity contribution in [1.29, 1.82) is 0 Å². The molecule has 0 unspecified atom stereocenters. The molecule has 0 N–H and O–H groups in total. The van der Waals surface area contributed by atoms with Gasteiger partial charge in [0.2, 0.25) is 0 Å². The highest BCUT2D eigenvalue weighted by atomic mass is 16.5. The third kappa shape index (κ3) is 5.06. The number of ketones is 1. The van der Waals surface area contributed by atoms with E-state index in [1.807, 2.05) is 19.9 Å². The van der Waals surface area contributed by atoms with Gasteiger partial charge in [0.05, 0.1) is 0 Å². The van der Waals surface area contributed by atoms with Crippen molar-refractivity contribution in [2.45, 2.75) is 20.8 Å². The molecule has 0 aromatic heterocycles. The minimum absolute atomic E-state index is 0.0217. The second kappa shape index (κ2) is 8.48. The lowest BCUT2D eigenvalue weighted by Gasteiger charge is -2.11. The van der Waals surface area contributed by atoms with E-state index >= 15 is 0 Å². The van der Waals surface area contributed by atoms with Crippen LogP contribution in [-0.2, 0) is 4.79 Å². The Balaban J connectivity index is 2.05. The third-order valence-electron chi connectivity index (χ3n) is 4.14. The van der Waals surface area contributed by atoms with Crippen molar-refractivity contribution in [2.75, 3.05) is 20.7 Å². The van der Waals surface area contributed by atoms with Gasteiger partial charge >= 0.3 is 0 Å². The van der Waals surface area contributed by atoms with E-state index in [-0.39, 0.29) is 18.3 Å². The summed E-state index contributed by atoms with van der Waals surface area (Å²) in [7, 11) is 3.36. The zero-order chi connectivity index (χ0) is 19.3. The number of ether oxygens (including phenoxy) is 1. The van der Waals surface area contributed by atoms with Gasteiger partial charge in [0, 0.05) is 19.7 Å². The molecule has 0 aliphatic rings. The number of rotatable bonds is 6. The van der Waals surface area contributed by atoms with E-state index in [9.17, 15) is 9.59 Å². The molecule has 0 fully saturated rings. The number of aryl methyl sites for hydroxylation is 3. The largest absolute Gasteiger partial charge is 0.484 e. The molecule has 0 heterocycles. The van der Waals surface area contributed by atoms with Crippen LogP contribution in [0, 0.1) is 20.8 Å². The average molecular weight is 351 g/mol. The van der Waals surface area contributed by atoms with Crippen molar-refractivity contribution in [3.63, 3.8) is 0 Å². The number of hydrogen-bond donors (Lipinski definition) is 0. The Morgan fingerprint density at radius 3 is 2.12 bits per heavy atom. The number of allylic oxidation sites excluding steroid dienone is 1. The summed E-state index contributed by atoms with van der Waals surface area (Å²) < 4.78 is 5.42. The van der Waals surface area contributed by atoms with Crippen molar-refractivity contribution < 1.29 is 14.3 Å². The first-order chi connectivity index (χ1) is 12.3. The minimum Gasteiger partial charge on any atom is -0.484 e. The van der Waals surface area contributed by atoms with Gasteiger partial charge in [0.25, 0.3) is 5.91 Å². The molecular formula is C22H25NO3. The van der Waals surface area contributed by atoms with Crippen LogP contribution in [0.25, 0.3) is 6.08 Å². The molecule has 2 aromatic rings. The summed E-state index contributed by atoms with van der Waals surface area (Å²) >= 11 is 0. The van der Waals surface area contributed by atoms with Gasteiger partial charge < -0.3 is 9.64 Å². The van der Waals surface area contributed by atoms with E-state index in [1.54, 1.807) is 44.4 Å². The Hall–Kier alpha value is -2.88. The van der Waals surface area contributed by atoms with Crippen LogP contribution in [0.1, 0.15) is 32.6 Å². The van der Waals surface area contributed by atoms with Gasteiger partial charge in [-0.15, -0.1) is 0 Å². The SMILES string of the molecule is Cc1cc(C)c(/C=C/C(=O)c2ccc(OCC(=O)N(C)C)cc2)c(C)c1. The summed E-state index contributed by atoms with van der Waals surface area (Å²) in [6.45, 7) is 6.14. The van der Waals surface area contributed by atoms with E-state index in [2.05, 4.69) is 19.1 Å². The number of likely N-dealkylation sites (N-methyl/N-ethyl adjacent to an activating group) is 1. The maximum atomic E-state index is 12.4. The van der Waals surface area contributed by atoms with Gasteiger partial charge in [-0.05, 0) is 67.8 Å². The molecule has 0 spiro atoms. The Labute approximate surface area is 155 Å². The monoisotopic (exact) mass is 351 g/mol. The van der Waals surface area contributed by atoms with Gasteiger partial charge in [-0.3, -0.25) is 9.59 Å². The lowest BCUT2D eigenvalue weighted by atomic mass is 9.98. The predicted octanol–water partition coefficient (Wildman–Crippen LogP) is 3.97. The Kier molecular flexibility index (Phi) is 6.34. The average Bonchev–Trinajstić information content (AvgIpc) is 2.58. The Bertz CT molecular complexity index is 810. The molecule has 136 valence electrons. The molecule has 0 aliphatic heterocycles. The predicted molar refractivity (Wildman–Crippen MR) is 105 cm³/mol. The molecule has 0 saturated heterocycles. The van der Waals surface area contributed by atoms with Crippen molar-refractivity contribution in [2.24, 2.45) is 0 Å². The smallest absolute Gasteiger partial charge is 0.259 e. The van der Waals surface area contributed by atoms with Crippen LogP contribution < -0.4 is 4.74 Å². The fourth-order valence-corrected chi connectivity index (χ4v) is 2.70. The van der Waals surface area contributed by atoms with Crippen molar-refractivity contribution in [3.05, 3.63) is 70.3 Å². The molecule has 2 aromatic carbocycles. The molecule has 2 rings (SSSR count). The fraction of sp³-hybridized carbons (Fsp3) is 0.273. The molecule has 0 aliphatic carbocycles. The van der Waals surface area contributed by atoms with Crippen LogP contribution in [0.5, 0.6) is 5.75 Å². The number of hydrogen-bond acceptors (Lipinski definition) is 3. The standard InChI is InChI=1S/C22H25NO3/c1-15-12-16(2)20(17(3)13-15)10-11-21(24)18-6-8-19(9-7-18)26-14-22(25)23(4)5/h6-13H,14H2,1-5H3/b11-10+. The van der Waals surface area contributed by atoms with E-state index in [4.69, 9.17) is 4.74 Å². The normalized spacial score (nSPS) is 10.8.